The van der Waals surface area contributed by atoms with Crippen LogP contribution in [0.25, 0.3) is 0 Å². The van der Waals surface area contributed by atoms with Crippen LogP contribution in [0.2, 0.25) is 0 Å². The second kappa shape index (κ2) is 7.72. The number of carbonyl (C=O) groups is 1. The average molecular weight is 338 g/mol. The molecule has 1 unspecified atom stereocenters. The van der Waals surface area contributed by atoms with E-state index in [1.54, 1.807) is 5.38 Å². The number of aryl methyl sites for hydroxylation is 1. The summed E-state index contributed by atoms with van der Waals surface area (Å²) in [5.74, 6) is 0.306. The first-order valence-electron chi connectivity index (χ1n) is 7.28. The van der Waals surface area contributed by atoms with Gasteiger partial charge in [0, 0.05) is 24.4 Å². The molecule has 1 heterocycles. The SMILES string of the molecule is Cl.NCc1nc(C(=O)NCC2CCCc3ccccc32)cs1. The minimum Gasteiger partial charge on any atom is -0.350 e. The Morgan fingerprint density at radius 1 is 1.41 bits per heavy atom. The molecule has 22 heavy (non-hydrogen) atoms. The van der Waals surface area contributed by atoms with Crippen molar-refractivity contribution in [1.82, 2.24) is 10.3 Å². The van der Waals surface area contributed by atoms with Gasteiger partial charge in [0.2, 0.25) is 0 Å². The van der Waals surface area contributed by atoms with E-state index in [1.165, 1.54) is 28.9 Å². The Morgan fingerprint density at radius 3 is 3.00 bits per heavy atom. The Morgan fingerprint density at radius 2 is 2.23 bits per heavy atom. The summed E-state index contributed by atoms with van der Waals surface area (Å²) in [6, 6.07) is 8.54. The van der Waals surface area contributed by atoms with Crippen LogP contribution < -0.4 is 11.1 Å². The van der Waals surface area contributed by atoms with Gasteiger partial charge in [0.05, 0.1) is 0 Å². The summed E-state index contributed by atoms with van der Waals surface area (Å²) in [5, 5.41) is 5.58. The molecule has 1 amide bonds. The zero-order valence-electron chi connectivity index (χ0n) is 12.2. The fourth-order valence-electron chi connectivity index (χ4n) is 2.88. The molecular formula is C16H20ClN3OS. The van der Waals surface area contributed by atoms with Gasteiger partial charge in [0.1, 0.15) is 10.7 Å². The van der Waals surface area contributed by atoms with Crippen LogP contribution in [0.15, 0.2) is 29.6 Å². The van der Waals surface area contributed by atoms with Crippen LogP contribution in [0, 0.1) is 0 Å². The van der Waals surface area contributed by atoms with Gasteiger partial charge in [-0.3, -0.25) is 4.79 Å². The van der Waals surface area contributed by atoms with Crippen molar-refractivity contribution in [3.8, 4) is 0 Å². The van der Waals surface area contributed by atoms with Gasteiger partial charge in [-0.25, -0.2) is 4.98 Å². The Hall–Kier alpha value is -1.43. The lowest BCUT2D eigenvalue weighted by Gasteiger charge is -2.25. The monoisotopic (exact) mass is 337 g/mol. The maximum absolute atomic E-state index is 12.1. The summed E-state index contributed by atoms with van der Waals surface area (Å²) in [6.07, 6.45) is 3.46. The number of nitrogens with two attached hydrogens (primary N) is 1. The largest absolute Gasteiger partial charge is 0.350 e. The molecule has 1 aliphatic carbocycles. The summed E-state index contributed by atoms with van der Waals surface area (Å²) in [4.78, 5) is 16.3. The van der Waals surface area contributed by atoms with E-state index in [4.69, 9.17) is 5.73 Å². The van der Waals surface area contributed by atoms with E-state index in [2.05, 4.69) is 34.6 Å². The van der Waals surface area contributed by atoms with E-state index in [1.807, 2.05) is 0 Å². The lowest BCUT2D eigenvalue weighted by Crippen LogP contribution is -2.30. The Kier molecular flexibility index (Phi) is 5.94. The fraction of sp³-hybridized carbons (Fsp3) is 0.375. The minimum atomic E-state index is -0.103. The first kappa shape index (κ1) is 16.9. The highest BCUT2D eigenvalue weighted by Crippen LogP contribution is 2.30. The van der Waals surface area contributed by atoms with Gasteiger partial charge in [-0.15, -0.1) is 23.7 Å². The molecule has 6 heteroatoms. The number of carbonyl (C=O) groups excluding carboxylic acids is 1. The van der Waals surface area contributed by atoms with E-state index in [9.17, 15) is 4.79 Å². The molecule has 0 fully saturated rings. The third kappa shape index (κ3) is 3.66. The molecule has 3 N–H and O–H groups in total. The van der Waals surface area contributed by atoms with Crippen LogP contribution in [0.3, 0.4) is 0 Å². The molecule has 0 aliphatic heterocycles. The number of halogens is 1. The lowest BCUT2D eigenvalue weighted by atomic mass is 9.83. The van der Waals surface area contributed by atoms with Crippen LogP contribution in [-0.4, -0.2) is 17.4 Å². The van der Waals surface area contributed by atoms with Crippen molar-refractivity contribution in [2.24, 2.45) is 5.73 Å². The van der Waals surface area contributed by atoms with E-state index in [-0.39, 0.29) is 18.3 Å². The van der Waals surface area contributed by atoms with E-state index >= 15 is 0 Å². The molecule has 118 valence electrons. The van der Waals surface area contributed by atoms with Crippen molar-refractivity contribution >= 4 is 29.7 Å². The van der Waals surface area contributed by atoms with Crippen LogP contribution in [-0.2, 0) is 13.0 Å². The van der Waals surface area contributed by atoms with Crippen molar-refractivity contribution in [2.45, 2.75) is 31.7 Å². The molecule has 4 nitrogen and oxygen atoms in total. The number of nitrogens with zero attached hydrogens (tertiary/aromatic N) is 1. The van der Waals surface area contributed by atoms with Crippen molar-refractivity contribution in [2.75, 3.05) is 6.54 Å². The number of amides is 1. The number of benzene rings is 1. The molecule has 0 bridgehead atoms. The quantitative estimate of drug-likeness (QED) is 0.901. The fourth-order valence-corrected chi connectivity index (χ4v) is 3.54. The predicted octanol–water partition coefficient (Wildman–Crippen LogP) is 2.87. The zero-order valence-corrected chi connectivity index (χ0v) is 13.9. The molecule has 0 radical (unpaired) electrons. The molecule has 0 spiro atoms. The van der Waals surface area contributed by atoms with Crippen molar-refractivity contribution in [1.29, 1.82) is 0 Å². The number of fused-ring (bicyclic) bond motifs is 1. The van der Waals surface area contributed by atoms with Gasteiger partial charge in [-0.05, 0) is 30.4 Å². The summed E-state index contributed by atoms with van der Waals surface area (Å²) < 4.78 is 0. The van der Waals surface area contributed by atoms with Crippen LogP contribution >= 0.6 is 23.7 Å². The molecule has 1 atom stereocenters. The highest BCUT2D eigenvalue weighted by molar-refractivity contribution is 7.09. The number of nitrogens with one attached hydrogen (secondary N) is 1. The van der Waals surface area contributed by atoms with Gasteiger partial charge in [0.25, 0.3) is 5.91 Å². The smallest absolute Gasteiger partial charge is 0.270 e. The third-order valence-electron chi connectivity index (χ3n) is 3.96. The highest BCUT2D eigenvalue weighted by Gasteiger charge is 2.20. The van der Waals surface area contributed by atoms with Crippen molar-refractivity contribution in [3.05, 3.63) is 51.5 Å². The molecule has 1 aliphatic rings. The summed E-state index contributed by atoms with van der Waals surface area (Å²) in [7, 11) is 0. The number of hydrogen-bond donors (Lipinski definition) is 2. The number of rotatable bonds is 4. The normalized spacial score (nSPS) is 16.5. The Balaban J connectivity index is 0.00000176. The summed E-state index contributed by atoms with van der Waals surface area (Å²) in [6.45, 7) is 1.05. The lowest BCUT2D eigenvalue weighted by molar-refractivity contribution is 0.0946. The maximum atomic E-state index is 12.1. The molecule has 0 saturated heterocycles. The summed E-state index contributed by atoms with van der Waals surface area (Å²) >= 11 is 1.43. The number of hydrogen-bond acceptors (Lipinski definition) is 4. The molecule has 0 saturated carbocycles. The Labute approximate surface area is 140 Å². The average Bonchev–Trinajstić information content (AvgIpc) is 3.01. The zero-order chi connectivity index (χ0) is 14.7. The van der Waals surface area contributed by atoms with Gasteiger partial charge in [-0.2, -0.15) is 0 Å². The van der Waals surface area contributed by atoms with Crippen LogP contribution in [0.1, 0.15) is 45.4 Å². The van der Waals surface area contributed by atoms with Crippen molar-refractivity contribution in [3.63, 3.8) is 0 Å². The molecule has 2 aromatic rings. The van der Waals surface area contributed by atoms with E-state index in [0.29, 0.717) is 24.7 Å². The number of thiazole rings is 1. The van der Waals surface area contributed by atoms with E-state index < -0.39 is 0 Å². The molecular weight excluding hydrogens is 318 g/mol. The topological polar surface area (TPSA) is 68.0 Å². The van der Waals surface area contributed by atoms with Crippen LogP contribution in [0.4, 0.5) is 0 Å². The van der Waals surface area contributed by atoms with Gasteiger partial charge in [0.15, 0.2) is 0 Å². The second-order valence-electron chi connectivity index (χ2n) is 5.33. The minimum absolute atomic E-state index is 0. The van der Waals surface area contributed by atoms with E-state index in [0.717, 1.165) is 17.8 Å². The first-order valence-corrected chi connectivity index (χ1v) is 8.16. The van der Waals surface area contributed by atoms with Crippen molar-refractivity contribution < 1.29 is 4.79 Å². The first-order chi connectivity index (χ1) is 10.3. The molecule has 1 aromatic carbocycles. The second-order valence-corrected chi connectivity index (χ2v) is 6.27. The molecule has 1 aromatic heterocycles. The third-order valence-corrected chi connectivity index (χ3v) is 4.83. The summed E-state index contributed by atoms with van der Waals surface area (Å²) in [5.41, 5.74) is 8.80. The molecule has 3 rings (SSSR count). The van der Waals surface area contributed by atoms with Crippen LogP contribution in [0.5, 0.6) is 0 Å². The standard InChI is InChI=1S/C16H19N3OS.ClH/c17-8-15-19-14(10-21-15)16(20)18-9-12-6-3-5-11-4-1-2-7-13(11)12;/h1-2,4,7,10,12H,3,5-6,8-9,17H2,(H,18,20);1H. The Bertz CT molecular complexity index is 644. The van der Waals surface area contributed by atoms with Gasteiger partial charge >= 0.3 is 0 Å². The number of aromatic nitrogens is 1. The van der Waals surface area contributed by atoms with Gasteiger partial charge < -0.3 is 11.1 Å². The van der Waals surface area contributed by atoms with Gasteiger partial charge in [-0.1, -0.05) is 24.3 Å². The maximum Gasteiger partial charge on any atom is 0.270 e. The predicted molar refractivity (Wildman–Crippen MR) is 91.7 cm³/mol. The highest BCUT2D eigenvalue weighted by atomic mass is 35.5.